The molecule has 0 aromatic heterocycles. The molecule has 5 nitrogen and oxygen atoms in total. The lowest BCUT2D eigenvalue weighted by atomic mass is 10.2. The second-order valence-corrected chi connectivity index (χ2v) is 4.53. The Bertz CT molecular complexity index is 457. The number of nitrogens with one attached hydrogen (secondary N) is 1. The van der Waals surface area contributed by atoms with E-state index in [9.17, 15) is 0 Å². The lowest BCUT2D eigenvalue weighted by Crippen LogP contribution is -2.18. The van der Waals surface area contributed by atoms with E-state index in [1.54, 1.807) is 7.11 Å². The van der Waals surface area contributed by atoms with Crippen LogP contribution in [0.3, 0.4) is 0 Å². The molecular weight excluding hydrogens is 268 g/mol. The van der Waals surface area contributed by atoms with Gasteiger partial charge in [0.2, 0.25) is 0 Å². The van der Waals surface area contributed by atoms with E-state index in [1.165, 1.54) is 0 Å². The van der Waals surface area contributed by atoms with Crippen molar-refractivity contribution in [3.63, 3.8) is 0 Å². The highest BCUT2D eigenvalue weighted by molar-refractivity contribution is 5.43. The van der Waals surface area contributed by atoms with Gasteiger partial charge in [-0.25, -0.2) is 0 Å². The molecule has 0 saturated carbocycles. The van der Waals surface area contributed by atoms with Gasteiger partial charge in [0.05, 0.1) is 13.2 Å². The molecule has 0 aliphatic heterocycles. The molecule has 0 saturated heterocycles. The van der Waals surface area contributed by atoms with Crippen LogP contribution in [0.25, 0.3) is 0 Å². The van der Waals surface area contributed by atoms with E-state index >= 15 is 0 Å². The lowest BCUT2D eigenvalue weighted by Gasteiger charge is -2.16. The molecule has 1 N–H and O–H groups in total. The Kier molecular flexibility index (Phi) is 8.25. The normalized spacial score (nSPS) is 11.7. The van der Waals surface area contributed by atoms with Crippen molar-refractivity contribution in [1.29, 1.82) is 5.26 Å². The maximum Gasteiger partial charge on any atom is 0.184 e. The smallest absolute Gasteiger partial charge is 0.184 e. The molecule has 0 heterocycles. The number of hydrogen-bond donors (Lipinski definition) is 1. The van der Waals surface area contributed by atoms with E-state index in [2.05, 4.69) is 11.4 Å². The Labute approximate surface area is 126 Å². The first-order valence-corrected chi connectivity index (χ1v) is 7.26. The van der Waals surface area contributed by atoms with Crippen LogP contribution in [-0.4, -0.2) is 33.0 Å². The molecule has 116 valence electrons. The van der Waals surface area contributed by atoms with Crippen molar-refractivity contribution < 1.29 is 14.2 Å². The average molecular weight is 292 g/mol. The summed E-state index contributed by atoms with van der Waals surface area (Å²) in [6, 6.07) is 7.91. The van der Waals surface area contributed by atoms with Crippen molar-refractivity contribution in [3.05, 3.63) is 23.8 Å². The first-order valence-electron chi connectivity index (χ1n) is 7.26. The SMILES string of the molecule is CCOc1cc(CNCCOC)ccc1OC(C#N)CC. The summed E-state index contributed by atoms with van der Waals surface area (Å²) in [7, 11) is 1.68. The highest BCUT2D eigenvalue weighted by Gasteiger charge is 2.12. The molecule has 21 heavy (non-hydrogen) atoms. The number of nitriles is 1. The summed E-state index contributed by atoms with van der Waals surface area (Å²) in [5.74, 6) is 1.29. The quantitative estimate of drug-likeness (QED) is 0.671. The summed E-state index contributed by atoms with van der Waals surface area (Å²) in [6.45, 7) is 6.61. The first kappa shape index (κ1) is 17.3. The van der Waals surface area contributed by atoms with Gasteiger partial charge in [0, 0.05) is 20.2 Å². The van der Waals surface area contributed by atoms with Gasteiger partial charge in [0.1, 0.15) is 6.07 Å². The zero-order valence-electron chi connectivity index (χ0n) is 13.0. The van der Waals surface area contributed by atoms with Gasteiger partial charge in [-0.15, -0.1) is 0 Å². The van der Waals surface area contributed by atoms with Gasteiger partial charge < -0.3 is 19.5 Å². The molecule has 1 aromatic carbocycles. The Balaban J connectivity index is 2.74. The zero-order chi connectivity index (χ0) is 15.5. The molecule has 5 heteroatoms. The third kappa shape index (κ3) is 6.03. The molecule has 0 aliphatic rings. The van der Waals surface area contributed by atoms with Crippen LogP contribution in [0.1, 0.15) is 25.8 Å². The summed E-state index contributed by atoms with van der Waals surface area (Å²) in [6.07, 6.45) is 0.192. The van der Waals surface area contributed by atoms with Gasteiger partial charge >= 0.3 is 0 Å². The average Bonchev–Trinajstić information content (AvgIpc) is 2.51. The number of rotatable bonds is 10. The van der Waals surface area contributed by atoms with Crippen molar-refractivity contribution in [2.45, 2.75) is 32.9 Å². The van der Waals surface area contributed by atoms with Gasteiger partial charge in [-0.05, 0) is 31.0 Å². The van der Waals surface area contributed by atoms with Crippen molar-refractivity contribution in [2.24, 2.45) is 0 Å². The Hall–Kier alpha value is -1.77. The second-order valence-electron chi connectivity index (χ2n) is 4.53. The van der Waals surface area contributed by atoms with Gasteiger partial charge in [-0.3, -0.25) is 0 Å². The summed E-state index contributed by atoms with van der Waals surface area (Å²) in [4.78, 5) is 0. The Morgan fingerprint density at radius 2 is 2.10 bits per heavy atom. The predicted octanol–water partition coefficient (Wildman–Crippen LogP) is 2.50. The van der Waals surface area contributed by atoms with Crippen LogP contribution in [0, 0.1) is 11.3 Å². The highest BCUT2D eigenvalue weighted by atomic mass is 16.5. The summed E-state index contributed by atoms with van der Waals surface area (Å²) in [5, 5.41) is 12.3. The van der Waals surface area contributed by atoms with Gasteiger partial charge in [-0.1, -0.05) is 13.0 Å². The summed E-state index contributed by atoms with van der Waals surface area (Å²) >= 11 is 0. The van der Waals surface area contributed by atoms with Gasteiger partial charge in [0.15, 0.2) is 17.6 Å². The molecule has 0 amide bonds. The van der Waals surface area contributed by atoms with Crippen molar-refractivity contribution in [3.8, 4) is 17.6 Å². The summed E-state index contributed by atoms with van der Waals surface area (Å²) in [5.41, 5.74) is 1.10. The molecular formula is C16H24N2O3. The monoisotopic (exact) mass is 292 g/mol. The maximum absolute atomic E-state index is 8.99. The predicted molar refractivity (Wildman–Crippen MR) is 81.5 cm³/mol. The molecule has 1 atom stereocenters. The number of benzene rings is 1. The zero-order valence-corrected chi connectivity index (χ0v) is 13.0. The molecule has 1 aromatic rings. The standard InChI is InChI=1S/C16H24N2O3/c1-4-14(11-17)21-15-7-6-13(10-16(15)20-5-2)12-18-8-9-19-3/h6-7,10,14,18H,4-5,8-9,12H2,1-3H3. The van der Waals surface area contributed by atoms with E-state index in [0.29, 0.717) is 31.1 Å². The van der Waals surface area contributed by atoms with E-state index in [4.69, 9.17) is 19.5 Å². The van der Waals surface area contributed by atoms with Crippen molar-refractivity contribution in [2.75, 3.05) is 26.9 Å². The molecule has 0 radical (unpaired) electrons. The number of nitrogens with zero attached hydrogens (tertiary/aromatic N) is 1. The molecule has 0 bridgehead atoms. The third-order valence-electron chi connectivity index (χ3n) is 2.90. The maximum atomic E-state index is 8.99. The van der Waals surface area contributed by atoms with Crippen LogP contribution in [-0.2, 0) is 11.3 Å². The van der Waals surface area contributed by atoms with Crippen molar-refractivity contribution >= 4 is 0 Å². The first-order chi connectivity index (χ1) is 10.2. The fraction of sp³-hybridized carbons (Fsp3) is 0.562. The molecule has 1 unspecified atom stereocenters. The second kappa shape index (κ2) is 10.0. The molecule has 0 fully saturated rings. The van der Waals surface area contributed by atoms with Crippen LogP contribution in [0.4, 0.5) is 0 Å². The van der Waals surface area contributed by atoms with Crippen LogP contribution >= 0.6 is 0 Å². The Morgan fingerprint density at radius 1 is 1.29 bits per heavy atom. The minimum absolute atomic E-state index is 0.449. The summed E-state index contributed by atoms with van der Waals surface area (Å²) < 4.78 is 16.3. The van der Waals surface area contributed by atoms with E-state index in [-0.39, 0.29) is 0 Å². The van der Waals surface area contributed by atoms with Crippen LogP contribution < -0.4 is 14.8 Å². The largest absolute Gasteiger partial charge is 0.490 e. The highest BCUT2D eigenvalue weighted by Crippen LogP contribution is 2.29. The fourth-order valence-corrected chi connectivity index (χ4v) is 1.79. The lowest BCUT2D eigenvalue weighted by molar-refractivity contribution is 0.199. The topological polar surface area (TPSA) is 63.5 Å². The number of methoxy groups -OCH3 is 1. The van der Waals surface area contributed by atoms with Crippen LogP contribution in [0.2, 0.25) is 0 Å². The van der Waals surface area contributed by atoms with Gasteiger partial charge in [0.25, 0.3) is 0 Å². The fourth-order valence-electron chi connectivity index (χ4n) is 1.79. The minimum atomic E-state index is -0.449. The van der Waals surface area contributed by atoms with Gasteiger partial charge in [-0.2, -0.15) is 5.26 Å². The number of hydrogen-bond acceptors (Lipinski definition) is 5. The molecule has 1 rings (SSSR count). The minimum Gasteiger partial charge on any atom is -0.490 e. The van der Waals surface area contributed by atoms with Crippen LogP contribution in [0.5, 0.6) is 11.5 Å². The van der Waals surface area contributed by atoms with E-state index in [0.717, 1.165) is 18.7 Å². The molecule has 0 spiro atoms. The van der Waals surface area contributed by atoms with E-state index < -0.39 is 6.10 Å². The van der Waals surface area contributed by atoms with Crippen LogP contribution in [0.15, 0.2) is 18.2 Å². The van der Waals surface area contributed by atoms with Crippen molar-refractivity contribution in [1.82, 2.24) is 5.32 Å². The number of ether oxygens (including phenoxy) is 3. The molecule has 0 aliphatic carbocycles. The Morgan fingerprint density at radius 3 is 2.71 bits per heavy atom. The van der Waals surface area contributed by atoms with E-state index in [1.807, 2.05) is 32.0 Å². The third-order valence-corrected chi connectivity index (χ3v) is 2.90.